The number of aromatic nitrogens is 2. The van der Waals surface area contributed by atoms with Crippen LogP contribution in [0.25, 0.3) is 10.9 Å². The third kappa shape index (κ3) is 4.94. The van der Waals surface area contributed by atoms with Crippen LogP contribution in [0, 0.1) is 5.41 Å². The van der Waals surface area contributed by atoms with E-state index < -0.39 is 5.41 Å². The molecule has 1 fully saturated rings. The van der Waals surface area contributed by atoms with Crippen molar-refractivity contribution >= 4 is 32.7 Å². The van der Waals surface area contributed by atoms with E-state index in [0.29, 0.717) is 30.5 Å². The van der Waals surface area contributed by atoms with Crippen LogP contribution in [0.3, 0.4) is 0 Å². The molecule has 1 amide bonds. The molecule has 7 nitrogen and oxygen atoms in total. The summed E-state index contributed by atoms with van der Waals surface area (Å²) in [4.78, 5) is 34.8. The Kier molecular flexibility index (Phi) is 6.29. The van der Waals surface area contributed by atoms with Crippen molar-refractivity contribution in [1.82, 2.24) is 15.0 Å². The van der Waals surface area contributed by atoms with E-state index in [-0.39, 0.29) is 17.8 Å². The molecule has 27 heavy (non-hydrogen) atoms. The highest BCUT2D eigenvalue weighted by Crippen LogP contribution is 2.22. The first kappa shape index (κ1) is 20.0. The number of halogens is 1. The summed E-state index contributed by atoms with van der Waals surface area (Å²) in [7, 11) is 0. The Bertz CT molecular complexity index is 875. The standard InChI is InChI=1S/C19H24BrN3O4/c1-19(2,18(25)22-27-16-5-3-4-10-26-16)8-9-23-12-21-15-11-13(20)6-7-14(15)17(23)24/h6-7,11-12,16H,3-5,8-10H2,1-2H3,(H,22,25). The molecule has 2 aromatic rings. The van der Waals surface area contributed by atoms with E-state index in [4.69, 9.17) is 9.57 Å². The van der Waals surface area contributed by atoms with Crippen molar-refractivity contribution in [1.29, 1.82) is 0 Å². The zero-order valence-electron chi connectivity index (χ0n) is 15.5. The normalized spacial score (nSPS) is 17.8. The second-order valence-electron chi connectivity index (χ2n) is 7.38. The van der Waals surface area contributed by atoms with E-state index in [1.807, 2.05) is 26.0 Å². The summed E-state index contributed by atoms with van der Waals surface area (Å²) in [5.74, 6) is -0.234. The van der Waals surface area contributed by atoms with Crippen molar-refractivity contribution in [2.75, 3.05) is 6.61 Å². The molecule has 8 heteroatoms. The van der Waals surface area contributed by atoms with Gasteiger partial charge in [-0.15, -0.1) is 0 Å². The molecule has 0 saturated carbocycles. The average Bonchev–Trinajstić information content (AvgIpc) is 2.66. The predicted octanol–water partition coefficient (Wildman–Crippen LogP) is 3.15. The largest absolute Gasteiger partial charge is 0.350 e. The minimum absolute atomic E-state index is 0.115. The first-order chi connectivity index (χ1) is 12.9. The Balaban J connectivity index is 1.61. The summed E-state index contributed by atoms with van der Waals surface area (Å²) < 4.78 is 7.85. The number of hydrogen-bond acceptors (Lipinski definition) is 5. The number of rotatable bonds is 6. The molecule has 1 N–H and O–H groups in total. The molecule has 3 rings (SSSR count). The Morgan fingerprint density at radius 3 is 3.00 bits per heavy atom. The number of ether oxygens (including phenoxy) is 1. The minimum Gasteiger partial charge on any atom is -0.350 e. The molecular weight excluding hydrogens is 414 g/mol. The molecule has 0 spiro atoms. The molecule has 0 radical (unpaired) electrons. The summed E-state index contributed by atoms with van der Waals surface area (Å²) in [6, 6.07) is 5.38. The monoisotopic (exact) mass is 437 g/mol. The number of carbonyl (C=O) groups excluding carboxylic acids is 1. The number of hydroxylamine groups is 1. The van der Waals surface area contributed by atoms with Crippen LogP contribution in [0.4, 0.5) is 0 Å². The Hall–Kier alpha value is -1.77. The molecule has 1 aliphatic heterocycles. The van der Waals surface area contributed by atoms with Gasteiger partial charge in [0.25, 0.3) is 5.56 Å². The van der Waals surface area contributed by atoms with Crippen molar-refractivity contribution < 1.29 is 14.4 Å². The average molecular weight is 438 g/mol. The SMILES string of the molecule is CC(C)(CCn1cnc2cc(Br)ccc2c1=O)C(=O)NOC1CCCCO1. The van der Waals surface area contributed by atoms with Gasteiger partial charge in [-0.05, 0) is 37.5 Å². The summed E-state index contributed by atoms with van der Waals surface area (Å²) in [5.41, 5.74) is 2.33. The van der Waals surface area contributed by atoms with Gasteiger partial charge in [0.1, 0.15) is 0 Å². The molecule has 2 heterocycles. The van der Waals surface area contributed by atoms with Gasteiger partial charge in [-0.1, -0.05) is 29.8 Å². The van der Waals surface area contributed by atoms with Gasteiger partial charge in [-0.25, -0.2) is 15.3 Å². The van der Waals surface area contributed by atoms with Gasteiger partial charge in [-0.2, -0.15) is 0 Å². The highest BCUT2D eigenvalue weighted by Gasteiger charge is 2.29. The van der Waals surface area contributed by atoms with E-state index in [9.17, 15) is 9.59 Å². The zero-order valence-corrected chi connectivity index (χ0v) is 17.1. The predicted molar refractivity (Wildman–Crippen MR) is 105 cm³/mol. The van der Waals surface area contributed by atoms with E-state index in [2.05, 4.69) is 26.4 Å². The van der Waals surface area contributed by atoms with Crippen molar-refractivity contribution in [3.8, 4) is 0 Å². The zero-order chi connectivity index (χ0) is 19.4. The van der Waals surface area contributed by atoms with Gasteiger partial charge < -0.3 is 4.74 Å². The summed E-state index contributed by atoms with van der Waals surface area (Å²) in [5, 5.41) is 0.556. The Morgan fingerprint density at radius 1 is 1.44 bits per heavy atom. The molecule has 0 aliphatic carbocycles. The van der Waals surface area contributed by atoms with Crippen molar-refractivity contribution in [2.24, 2.45) is 5.41 Å². The van der Waals surface area contributed by atoms with Crippen molar-refractivity contribution in [3.05, 3.63) is 39.4 Å². The van der Waals surface area contributed by atoms with E-state index >= 15 is 0 Å². The number of benzene rings is 1. The summed E-state index contributed by atoms with van der Waals surface area (Å²) >= 11 is 3.38. The molecule has 146 valence electrons. The highest BCUT2D eigenvalue weighted by atomic mass is 79.9. The smallest absolute Gasteiger partial charge is 0.261 e. The van der Waals surface area contributed by atoms with Crippen LogP contribution >= 0.6 is 15.9 Å². The fourth-order valence-electron chi connectivity index (χ4n) is 2.87. The topological polar surface area (TPSA) is 82.5 Å². The number of nitrogens with one attached hydrogen (secondary N) is 1. The molecule has 1 unspecified atom stereocenters. The maximum absolute atomic E-state index is 12.6. The molecular formula is C19H24BrN3O4. The van der Waals surface area contributed by atoms with Gasteiger partial charge in [0.05, 0.1) is 17.2 Å². The fraction of sp³-hybridized carbons (Fsp3) is 0.526. The Labute approximate surface area is 166 Å². The van der Waals surface area contributed by atoms with Crippen molar-refractivity contribution in [3.63, 3.8) is 0 Å². The van der Waals surface area contributed by atoms with Crippen LogP contribution in [0.15, 0.2) is 33.8 Å². The van der Waals surface area contributed by atoms with Crippen LogP contribution in [0.2, 0.25) is 0 Å². The lowest BCUT2D eigenvalue weighted by Crippen LogP contribution is -2.41. The van der Waals surface area contributed by atoms with Gasteiger partial charge in [0.2, 0.25) is 5.91 Å². The molecule has 1 atom stereocenters. The lowest BCUT2D eigenvalue weighted by molar-refractivity contribution is -0.204. The second kappa shape index (κ2) is 8.50. The third-order valence-corrected chi connectivity index (χ3v) is 5.29. The number of carbonyl (C=O) groups is 1. The highest BCUT2D eigenvalue weighted by molar-refractivity contribution is 9.10. The van der Waals surface area contributed by atoms with Gasteiger partial charge in [-0.3, -0.25) is 14.2 Å². The van der Waals surface area contributed by atoms with Crippen LogP contribution in [-0.2, 0) is 20.9 Å². The number of aryl methyl sites for hydroxylation is 1. The van der Waals surface area contributed by atoms with E-state index in [1.165, 1.54) is 10.9 Å². The van der Waals surface area contributed by atoms with Crippen LogP contribution < -0.4 is 11.0 Å². The lowest BCUT2D eigenvalue weighted by atomic mass is 9.88. The first-order valence-electron chi connectivity index (χ1n) is 9.09. The third-order valence-electron chi connectivity index (χ3n) is 4.80. The second-order valence-corrected chi connectivity index (χ2v) is 8.30. The van der Waals surface area contributed by atoms with Gasteiger partial charge in [0, 0.05) is 29.5 Å². The molecule has 1 aromatic heterocycles. The molecule has 1 saturated heterocycles. The maximum Gasteiger partial charge on any atom is 0.261 e. The quantitative estimate of drug-likeness (QED) is 0.701. The fourth-order valence-corrected chi connectivity index (χ4v) is 3.21. The van der Waals surface area contributed by atoms with Crippen LogP contribution in [0.1, 0.15) is 39.5 Å². The van der Waals surface area contributed by atoms with Crippen molar-refractivity contribution in [2.45, 2.75) is 52.4 Å². The number of amides is 1. The van der Waals surface area contributed by atoms with Crippen LogP contribution in [-0.4, -0.2) is 28.4 Å². The number of hydrogen-bond donors (Lipinski definition) is 1. The first-order valence-corrected chi connectivity index (χ1v) is 9.88. The number of fused-ring (bicyclic) bond motifs is 1. The summed E-state index contributed by atoms with van der Waals surface area (Å²) in [6.07, 6.45) is 4.43. The lowest BCUT2D eigenvalue weighted by Gasteiger charge is -2.27. The number of nitrogens with zero attached hydrogens (tertiary/aromatic N) is 2. The minimum atomic E-state index is -0.706. The van der Waals surface area contributed by atoms with Gasteiger partial charge >= 0.3 is 0 Å². The van der Waals surface area contributed by atoms with E-state index in [1.54, 1.807) is 6.07 Å². The van der Waals surface area contributed by atoms with Crippen LogP contribution in [0.5, 0.6) is 0 Å². The maximum atomic E-state index is 12.6. The Morgan fingerprint density at radius 2 is 2.26 bits per heavy atom. The van der Waals surface area contributed by atoms with Gasteiger partial charge in [0.15, 0.2) is 6.29 Å². The van der Waals surface area contributed by atoms with E-state index in [0.717, 1.165) is 23.7 Å². The molecule has 1 aliphatic rings. The molecule has 1 aromatic carbocycles. The molecule has 0 bridgehead atoms. The summed E-state index contributed by atoms with van der Waals surface area (Å²) in [6.45, 7) is 4.69.